The first-order valence-electron chi connectivity index (χ1n) is 7.36. The van der Waals surface area contributed by atoms with Crippen molar-refractivity contribution in [1.29, 1.82) is 0 Å². The molecule has 1 fully saturated rings. The van der Waals surface area contributed by atoms with Crippen LogP contribution in [0, 0.1) is 17.3 Å². The van der Waals surface area contributed by atoms with Crippen LogP contribution in [0.1, 0.15) is 39.5 Å². The summed E-state index contributed by atoms with van der Waals surface area (Å²) in [4.78, 5) is 0. The van der Waals surface area contributed by atoms with Gasteiger partial charge in [0.15, 0.2) is 0 Å². The van der Waals surface area contributed by atoms with Crippen LogP contribution in [0.4, 0.5) is 0 Å². The highest BCUT2D eigenvalue weighted by molar-refractivity contribution is 7.90. The van der Waals surface area contributed by atoms with Gasteiger partial charge in [-0.2, -0.15) is 0 Å². The zero-order valence-corrected chi connectivity index (χ0v) is 13.2. The predicted octanol–water partition coefficient (Wildman–Crippen LogP) is 2.39. The lowest BCUT2D eigenvalue weighted by atomic mass is 9.80. The van der Waals surface area contributed by atoms with Crippen LogP contribution in [0.5, 0.6) is 0 Å². The maximum atomic E-state index is 11.4. The third kappa shape index (κ3) is 4.32. The molecule has 0 amide bonds. The van der Waals surface area contributed by atoms with E-state index < -0.39 is 9.84 Å². The number of hydrogen-bond donors (Lipinski definition) is 1. The van der Waals surface area contributed by atoms with Gasteiger partial charge >= 0.3 is 0 Å². The third-order valence-electron chi connectivity index (χ3n) is 4.75. The summed E-state index contributed by atoms with van der Waals surface area (Å²) in [5.74, 6) is 1.72. The summed E-state index contributed by atoms with van der Waals surface area (Å²) in [6.07, 6.45) is 8.31. The van der Waals surface area contributed by atoms with Crippen LogP contribution < -0.4 is 5.32 Å². The summed E-state index contributed by atoms with van der Waals surface area (Å²) < 4.78 is 22.8. The van der Waals surface area contributed by atoms with Crippen molar-refractivity contribution in [3.05, 3.63) is 11.6 Å². The molecule has 1 N–H and O–H groups in total. The fourth-order valence-electron chi connectivity index (χ4n) is 3.34. The van der Waals surface area contributed by atoms with Gasteiger partial charge in [-0.3, -0.25) is 0 Å². The van der Waals surface area contributed by atoms with Crippen molar-refractivity contribution in [2.24, 2.45) is 17.3 Å². The SMILES string of the molecule is CC1=CCC[C@@H](C)[C@@H]1CNCC1(CS(C)(=O)=O)CC1. The van der Waals surface area contributed by atoms with Gasteiger partial charge < -0.3 is 5.32 Å². The molecule has 2 atom stereocenters. The molecular weight excluding hydrogens is 258 g/mol. The normalized spacial score (nSPS) is 29.9. The van der Waals surface area contributed by atoms with Crippen LogP contribution in [0.15, 0.2) is 11.6 Å². The Labute approximate surface area is 117 Å². The lowest BCUT2D eigenvalue weighted by Gasteiger charge is -2.29. The van der Waals surface area contributed by atoms with Crippen molar-refractivity contribution in [2.75, 3.05) is 25.1 Å². The molecule has 0 aromatic heterocycles. The second-order valence-corrected chi connectivity index (χ2v) is 8.95. The molecule has 0 aromatic carbocycles. The van der Waals surface area contributed by atoms with Crippen molar-refractivity contribution in [3.8, 4) is 0 Å². The van der Waals surface area contributed by atoms with Gasteiger partial charge in [0.25, 0.3) is 0 Å². The fraction of sp³-hybridized carbons (Fsp3) is 0.867. The average molecular weight is 285 g/mol. The second-order valence-electron chi connectivity index (χ2n) is 6.81. The lowest BCUT2D eigenvalue weighted by molar-refractivity contribution is 0.339. The fourth-order valence-corrected chi connectivity index (χ4v) is 4.84. The van der Waals surface area contributed by atoms with Gasteiger partial charge in [-0.25, -0.2) is 8.42 Å². The van der Waals surface area contributed by atoms with E-state index in [1.165, 1.54) is 24.7 Å². The Morgan fingerprint density at radius 2 is 2.11 bits per heavy atom. The van der Waals surface area contributed by atoms with Crippen LogP contribution >= 0.6 is 0 Å². The smallest absolute Gasteiger partial charge is 0.148 e. The first kappa shape index (κ1) is 15.0. The van der Waals surface area contributed by atoms with E-state index in [1.807, 2.05) is 0 Å². The molecule has 0 aromatic rings. The van der Waals surface area contributed by atoms with Crippen LogP contribution in [0.3, 0.4) is 0 Å². The number of sulfone groups is 1. The first-order chi connectivity index (χ1) is 8.81. The predicted molar refractivity (Wildman–Crippen MR) is 79.9 cm³/mol. The topological polar surface area (TPSA) is 46.2 Å². The van der Waals surface area contributed by atoms with Gasteiger partial charge in [0, 0.05) is 19.3 Å². The molecule has 3 nitrogen and oxygen atoms in total. The highest BCUT2D eigenvalue weighted by Crippen LogP contribution is 2.46. The Morgan fingerprint density at radius 1 is 1.42 bits per heavy atom. The van der Waals surface area contributed by atoms with Crippen molar-refractivity contribution in [2.45, 2.75) is 39.5 Å². The minimum atomic E-state index is -2.85. The molecule has 0 unspecified atom stereocenters. The molecular formula is C15H27NO2S. The van der Waals surface area contributed by atoms with Crippen molar-refractivity contribution in [1.82, 2.24) is 5.32 Å². The van der Waals surface area contributed by atoms with Gasteiger partial charge in [-0.05, 0) is 49.9 Å². The van der Waals surface area contributed by atoms with E-state index in [-0.39, 0.29) is 5.41 Å². The van der Waals surface area contributed by atoms with Gasteiger partial charge in [0.05, 0.1) is 5.75 Å². The number of rotatable bonds is 6. The van der Waals surface area contributed by atoms with Crippen molar-refractivity contribution in [3.63, 3.8) is 0 Å². The molecule has 0 aliphatic heterocycles. The second kappa shape index (κ2) is 5.57. The van der Waals surface area contributed by atoms with Crippen LogP contribution in [0.2, 0.25) is 0 Å². The van der Waals surface area contributed by atoms with E-state index in [0.29, 0.717) is 11.7 Å². The van der Waals surface area contributed by atoms with Crippen molar-refractivity contribution >= 4 is 9.84 Å². The van der Waals surface area contributed by atoms with Crippen molar-refractivity contribution < 1.29 is 8.42 Å². The summed E-state index contributed by atoms with van der Waals surface area (Å²) in [6, 6.07) is 0. The van der Waals surface area contributed by atoms with E-state index in [9.17, 15) is 8.42 Å². The molecule has 0 bridgehead atoms. The third-order valence-corrected chi connectivity index (χ3v) is 5.89. The highest BCUT2D eigenvalue weighted by Gasteiger charge is 2.44. The zero-order valence-electron chi connectivity index (χ0n) is 12.4. The quantitative estimate of drug-likeness (QED) is 0.762. The van der Waals surface area contributed by atoms with Crippen LogP contribution in [0.25, 0.3) is 0 Å². The molecule has 0 saturated heterocycles. The standard InChI is InChI=1S/C15H27NO2S/c1-12-5-4-6-13(2)14(12)9-16-10-15(7-8-15)11-19(3,17)18/h5,13-14,16H,4,6-11H2,1-3H3/t13-,14-/m1/s1. The minimum absolute atomic E-state index is 0.0447. The Bertz CT molecular complexity index is 449. The molecule has 110 valence electrons. The van der Waals surface area contributed by atoms with E-state index in [0.717, 1.165) is 31.8 Å². The minimum Gasteiger partial charge on any atom is -0.316 e. The largest absolute Gasteiger partial charge is 0.316 e. The molecule has 2 rings (SSSR count). The molecule has 4 heteroatoms. The maximum absolute atomic E-state index is 11.4. The number of hydrogen-bond acceptors (Lipinski definition) is 3. The summed E-state index contributed by atoms with van der Waals surface area (Å²) >= 11 is 0. The zero-order chi connectivity index (χ0) is 14.1. The Kier molecular flexibility index (Phi) is 4.41. The molecule has 0 radical (unpaired) electrons. The van der Waals surface area contributed by atoms with Gasteiger partial charge in [-0.1, -0.05) is 18.6 Å². The summed E-state index contributed by atoms with van der Waals surface area (Å²) in [6.45, 7) is 6.41. The molecule has 1 saturated carbocycles. The molecule has 19 heavy (non-hydrogen) atoms. The Balaban J connectivity index is 1.81. The maximum Gasteiger partial charge on any atom is 0.148 e. The number of nitrogens with one attached hydrogen (secondary N) is 1. The molecule has 0 heterocycles. The van der Waals surface area contributed by atoms with Gasteiger partial charge in [0.1, 0.15) is 9.84 Å². The molecule has 0 spiro atoms. The monoisotopic (exact) mass is 285 g/mol. The summed E-state index contributed by atoms with van der Waals surface area (Å²) in [5.41, 5.74) is 1.54. The summed E-state index contributed by atoms with van der Waals surface area (Å²) in [5, 5.41) is 3.54. The molecule has 2 aliphatic carbocycles. The Morgan fingerprint density at radius 3 is 2.63 bits per heavy atom. The van der Waals surface area contributed by atoms with Crippen LogP contribution in [-0.4, -0.2) is 33.5 Å². The first-order valence-corrected chi connectivity index (χ1v) is 9.42. The van der Waals surface area contributed by atoms with E-state index in [1.54, 1.807) is 0 Å². The molecule has 2 aliphatic rings. The highest BCUT2D eigenvalue weighted by atomic mass is 32.2. The van der Waals surface area contributed by atoms with E-state index in [4.69, 9.17) is 0 Å². The van der Waals surface area contributed by atoms with Crippen LogP contribution in [-0.2, 0) is 9.84 Å². The Hall–Kier alpha value is -0.350. The van der Waals surface area contributed by atoms with Gasteiger partial charge in [0.2, 0.25) is 0 Å². The van der Waals surface area contributed by atoms with Gasteiger partial charge in [-0.15, -0.1) is 0 Å². The van der Waals surface area contributed by atoms with E-state index >= 15 is 0 Å². The van der Waals surface area contributed by atoms with E-state index in [2.05, 4.69) is 25.2 Å². The number of allylic oxidation sites excluding steroid dienone is 1. The lowest BCUT2D eigenvalue weighted by Crippen LogP contribution is -2.35. The summed E-state index contributed by atoms with van der Waals surface area (Å²) in [7, 11) is -2.85. The average Bonchev–Trinajstić information content (AvgIpc) is 3.00.